The molecule has 6 heteroatoms. The summed E-state index contributed by atoms with van der Waals surface area (Å²) < 4.78 is 13.3. The Kier molecular flexibility index (Phi) is 4.57. The number of hydrogen-bond donors (Lipinski definition) is 2. The SMILES string of the molecule is CCc1cc(NC(=O)CSc2ccccc2F)n[nH]1. The molecule has 19 heavy (non-hydrogen) atoms. The van der Waals surface area contributed by atoms with Gasteiger partial charge in [0.05, 0.1) is 5.75 Å². The van der Waals surface area contributed by atoms with Gasteiger partial charge < -0.3 is 5.32 Å². The van der Waals surface area contributed by atoms with E-state index in [1.165, 1.54) is 6.07 Å². The fraction of sp³-hybridized carbons (Fsp3) is 0.231. The van der Waals surface area contributed by atoms with Crippen LogP contribution in [0.25, 0.3) is 0 Å². The highest BCUT2D eigenvalue weighted by Crippen LogP contribution is 2.21. The second-order valence-corrected chi connectivity index (χ2v) is 4.92. The summed E-state index contributed by atoms with van der Waals surface area (Å²) in [5.41, 5.74) is 0.956. The molecule has 0 unspecified atom stereocenters. The number of rotatable bonds is 5. The second-order valence-electron chi connectivity index (χ2n) is 3.90. The average molecular weight is 279 g/mol. The van der Waals surface area contributed by atoms with Crippen LogP contribution < -0.4 is 5.32 Å². The highest BCUT2D eigenvalue weighted by Gasteiger charge is 2.08. The van der Waals surface area contributed by atoms with Crippen LogP contribution in [-0.2, 0) is 11.2 Å². The lowest BCUT2D eigenvalue weighted by Gasteiger charge is -2.03. The minimum Gasteiger partial charge on any atom is -0.308 e. The number of halogens is 1. The molecule has 0 spiro atoms. The van der Waals surface area contributed by atoms with Gasteiger partial charge in [0.25, 0.3) is 0 Å². The maximum Gasteiger partial charge on any atom is 0.235 e. The largest absolute Gasteiger partial charge is 0.308 e. The molecule has 0 aliphatic rings. The first-order chi connectivity index (χ1) is 9.19. The maximum atomic E-state index is 13.3. The lowest BCUT2D eigenvalue weighted by Crippen LogP contribution is -2.14. The minimum atomic E-state index is -0.312. The van der Waals surface area contributed by atoms with Gasteiger partial charge in [-0.1, -0.05) is 19.1 Å². The van der Waals surface area contributed by atoms with E-state index in [-0.39, 0.29) is 17.5 Å². The number of carbonyl (C=O) groups is 1. The van der Waals surface area contributed by atoms with Crippen LogP contribution in [-0.4, -0.2) is 21.9 Å². The van der Waals surface area contributed by atoms with Crippen LogP contribution in [0.5, 0.6) is 0 Å². The summed E-state index contributed by atoms with van der Waals surface area (Å²) >= 11 is 1.16. The summed E-state index contributed by atoms with van der Waals surface area (Å²) in [6, 6.07) is 8.17. The molecule has 0 fully saturated rings. The van der Waals surface area contributed by atoms with Crippen molar-refractivity contribution < 1.29 is 9.18 Å². The monoisotopic (exact) mass is 279 g/mol. The van der Waals surface area contributed by atoms with Crippen molar-refractivity contribution in [3.63, 3.8) is 0 Å². The van der Waals surface area contributed by atoms with Crippen molar-refractivity contribution in [1.29, 1.82) is 0 Å². The van der Waals surface area contributed by atoms with Gasteiger partial charge in [0.15, 0.2) is 5.82 Å². The summed E-state index contributed by atoms with van der Waals surface area (Å²) in [6.45, 7) is 1.99. The number of H-pyrrole nitrogens is 1. The molecule has 1 aromatic carbocycles. The van der Waals surface area contributed by atoms with E-state index >= 15 is 0 Å². The molecule has 2 aromatic rings. The normalized spacial score (nSPS) is 10.4. The van der Waals surface area contributed by atoms with E-state index in [2.05, 4.69) is 15.5 Å². The van der Waals surface area contributed by atoms with Crippen molar-refractivity contribution in [2.75, 3.05) is 11.1 Å². The molecule has 100 valence electrons. The van der Waals surface area contributed by atoms with Crippen LogP contribution in [0, 0.1) is 5.82 Å². The Morgan fingerprint density at radius 1 is 1.47 bits per heavy atom. The fourth-order valence-electron chi connectivity index (χ4n) is 1.49. The van der Waals surface area contributed by atoms with Gasteiger partial charge >= 0.3 is 0 Å². The van der Waals surface area contributed by atoms with Crippen LogP contribution in [0.15, 0.2) is 35.2 Å². The topological polar surface area (TPSA) is 57.8 Å². The summed E-state index contributed by atoms with van der Waals surface area (Å²) in [5, 5.41) is 9.43. The van der Waals surface area contributed by atoms with E-state index in [9.17, 15) is 9.18 Å². The molecule has 0 saturated carbocycles. The number of aryl methyl sites for hydroxylation is 1. The Bertz CT molecular complexity index is 571. The fourth-order valence-corrected chi connectivity index (χ4v) is 2.23. The number of amides is 1. The number of nitrogens with zero attached hydrogens (tertiary/aromatic N) is 1. The summed E-state index contributed by atoms with van der Waals surface area (Å²) in [7, 11) is 0. The molecule has 0 bridgehead atoms. The quantitative estimate of drug-likeness (QED) is 0.827. The van der Waals surface area contributed by atoms with Gasteiger partial charge in [0.2, 0.25) is 5.91 Å². The number of aromatic amines is 1. The van der Waals surface area contributed by atoms with Gasteiger partial charge in [-0.3, -0.25) is 9.89 Å². The molecule has 2 rings (SSSR count). The zero-order chi connectivity index (χ0) is 13.7. The van der Waals surface area contributed by atoms with Gasteiger partial charge in [-0.15, -0.1) is 11.8 Å². The molecule has 0 atom stereocenters. The van der Waals surface area contributed by atoms with Crippen LogP contribution in [0.3, 0.4) is 0 Å². The lowest BCUT2D eigenvalue weighted by atomic mass is 10.3. The van der Waals surface area contributed by atoms with Gasteiger partial charge in [0, 0.05) is 16.7 Å². The highest BCUT2D eigenvalue weighted by atomic mass is 32.2. The number of thioether (sulfide) groups is 1. The third-order valence-corrected chi connectivity index (χ3v) is 3.52. The Morgan fingerprint density at radius 3 is 2.95 bits per heavy atom. The van der Waals surface area contributed by atoms with Crippen LogP contribution in [0.1, 0.15) is 12.6 Å². The number of benzene rings is 1. The van der Waals surface area contributed by atoms with Crippen molar-refractivity contribution in [1.82, 2.24) is 10.2 Å². The summed E-state index contributed by atoms with van der Waals surface area (Å²) in [5.74, 6) is 0.127. The molecular formula is C13H14FN3OS. The van der Waals surface area contributed by atoms with Crippen molar-refractivity contribution in [3.8, 4) is 0 Å². The van der Waals surface area contributed by atoms with E-state index in [4.69, 9.17) is 0 Å². The van der Waals surface area contributed by atoms with E-state index < -0.39 is 0 Å². The van der Waals surface area contributed by atoms with E-state index in [1.807, 2.05) is 6.92 Å². The first-order valence-corrected chi connectivity index (χ1v) is 6.89. The van der Waals surface area contributed by atoms with Crippen molar-refractivity contribution in [2.45, 2.75) is 18.2 Å². The van der Waals surface area contributed by atoms with Gasteiger partial charge in [-0.2, -0.15) is 5.10 Å². The molecule has 0 aliphatic heterocycles. The zero-order valence-corrected chi connectivity index (χ0v) is 11.3. The number of nitrogens with one attached hydrogen (secondary N) is 2. The predicted molar refractivity (Wildman–Crippen MR) is 73.7 cm³/mol. The standard InChI is InChI=1S/C13H14FN3OS/c1-2-9-7-12(17-16-9)15-13(18)8-19-11-6-4-3-5-10(11)14/h3-7H,2,8H2,1H3,(H2,15,16,17,18). The third kappa shape index (κ3) is 3.82. The van der Waals surface area contributed by atoms with Gasteiger partial charge in [-0.05, 0) is 18.6 Å². The summed E-state index contributed by atoms with van der Waals surface area (Å²) in [6.07, 6.45) is 0.826. The number of hydrogen-bond acceptors (Lipinski definition) is 3. The third-order valence-electron chi connectivity index (χ3n) is 2.47. The predicted octanol–water partition coefficient (Wildman–Crippen LogP) is 2.84. The Hall–Kier alpha value is -1.82. The Balaban J connectivity index is 1.86. The number of aromatic nitrogens is 2. The molecule has 1 heterocycles. The molecule has 2 N–H and O–H groups in total. The molecular weight excluding hydrogens is 265 g/mol. The highest BCUT2D eigenvalue weighted by molar-refractivity contribution is 8.00. The number of carbonyl (C=O) groups excluding carboxylic acids is 1. The first-order valence-electron chi connectivity index (χ1n) is 5.90. The van der Waals surface area contributed by atoms with E-state index in [0.29, 0.717) is 10.7 Å². The van der Waals surface area contributed by atoms with E-state index in [0.717, 1.165) is 23.9 Å². The summed E-state index contributed by atoms with van der Waals surface area (Å²) in [4.78, 5) is 12.2. The molecule has 0 saturated heterocycles. The number of anilines is 1. The van der Waals surface area contributed by atoms with Crippen LogP contribution in [0.4, 0.5) is 10.2 Å². The van der Waals surface area contributed by atoms with Crippen LogP contribution in [0.2, 0.25) is 0 Å². The maximum absolute atomic E-state index is 13.3. The molecule has 1 aromatic heterocycles. The Morgan fingerprint density at radius 2 is 2.26 bits per heavy atom. The molecule has 0 radical (unpaired) electrons. The molecule has 4 nitrogen and oxygen atoms in total. The van der Waals surface area contributed by atoms with Crippen molar-refractivity contribution >= 4 is 23.5 Å². The first kappa shape index (κ1) is 13.6. The minimum absolute atomic E-state index is 0.148. The molecule has 0 aliphatic carbocycles. The van der Waals surface area contributed by atoms with Gasteiger partial charge in [0.1, 0.15) is 5.82 Å². The second kappa shape index (κ2) is 6.38. The molecule has 1 amide bonds. The van der Waals surface area contributed by atoms with Crippen molar-refractivity contribution in [3.05, 3.63) is 41.8 Å². The van der Waals surface area contributed by atoms with Gasteiger partial charge in [-0.25, -0.2) is 4.39 Å². The van der Waals surface area contributed by atoms with E-state index in [1.54, 1.807) is 24.3 Å². The Labute approximate surface area is 114 Å². The lowest BCUT2D eigenvalue weighted by molar-refractivity contribution is -0.113. The average Bonchev–Trinajstić information content (AvgIpc) is 2.85. The smallest absolute Gasteiger partial charge is 0.235 e. The van der Waals surface area contributed by atoms with Crippen LogP contribution >= 0.6 is 11.8 Å². The zero-order valence-electron chi connectivity index (χ0n) is 10.4. The van der Waals surface area contributed by atoms with Crippen molar-refractivity contribution in [2.24, 2.45) is 0 Å².